The Hall–Kier alpha value is -2.29. The zero-order valence-corrected chi connectivity index (χ0v) is 13.7. The molecule has 1 aromatic carbocycles. The summed E-state index contributed by atoms with van der Waals surface area (Å²) in [7, 11) is 0. The molecule has 2 atom stereocenters. The van der Waals surface area contributed by atoms with Crippen molar-refractivity contribution < 1.29 is 0 Å². The summed E-state index contributed by atoms with van der Waals surface area (Å²) >= 11 is 6.34. The summed E-state index contributed by atoms with van der Waals surface area (Å²) in [4.78, 5) is 4.42. The summed E-state index contributed by atoms with van der Waals surface area (Å²) in [5.74, 6) is -0.0702. The van der Waals surface area contributed by atoms with Gasteiger partial charge in [-0.1, -0.05) is 36.7 Å². The first kappa shape index (κ1) is 17.1. The maximum Gasteiger partial charge on any atom is 0.129 e. The topological polar surface area (TPSA) is 114 Å². The van der Waals surface area contributed by atoms with Crippen LogP contribution >= 0.6 is 11.6 Å². The second-order valence-electron chi connectivity index (χ2n) is 5.46. The summed E-state index contributed by atoms with van der Waals surface area (Å²) in [6.45, 7) is 2.49. The van der Waals surface area contributed by atoms with Gasteiger partial charge in [-0.25, -0.2) is 4.99 Å². The molecule has 6 N–H and O–H groups in total. The molecule has 2 rings (SSSR count). The molecule has 0 radical (unpaired) electrons. The number of nitriles is 1. The van der Waals surface area contributed by atoms with E-state index in [2.05, 4.69) is 11.1 Å². The molecule has 0 saturated heterocycles. The Labute approximate surface area is 141 Å². The number of nitrogens with two attached hydrogens (primary N) is 3. The van der Waals surface area contributed by atoms with E-state index in [-0.39, 0.29) is 5.92 Å². The van der Waals surface area contributed by atoms with Crippen molar-refractivity contribution in [3.63, 3.8) is 0 Å². The van der Waals surface area contributed by atoms with Crippen LogP contribution in [-0.2, 0) is 0 Å². The van der Waals surface area contributed by atoms with E-state index in [1.807, 2.05) is 25.1 Å². The number of halogens is 1. The lowest BCUT2D eigenvalue weighted by Gasteiger charge is -2.28. The molecule has 120 valence electrons. The minimum atomic E-state index is -0.411. The van der Waals surface area contributed by atoms with Crippen molar-refractivity contribution in [3.8, 4) is 6.07 Å². The minimum Gasteiger partial charge on any atom is -0.404 e. The van der Waals surface area contributed by atoms with Crippen LogP contribution < -0.4 is 17.2 Å². The van der Waals surface area contributed by atoms with Crippen LogP contribution in [-0.4, -0.2) is 12.4 Å². The molecule has 0 saturated carbocycles. The van der Waals surface area contributed by atoms with E-state index in [1.54, 1.807) is 6.07 Å². The van der Waals surface area contributed by atoms with Gasteiger partial charge in [0.1, 0.15) is 5.84 Å². The van der Waals surface area contributed by atoms with Crippen LogP contribution in [0.2, 0.25) is 5.02 Å². The van der Waals surface area contributed by atoms with Crippen LogP contribution in [0.3, 0.4) is 0 Å². The number of hydrogen-bond donors (Lipinski definition) is 3. The first-order valence-corrected chi connectivity index (χ1v) is 7.77. The van der Waals surface area contributed by atoms with E-state index < -0.39 is 5.92 Å². The van der Waals surface area contributed by atoms with E-state index in [0.717, 1.165) is 5.56 Å². The third-order valence-corrected chi connectivity index (χ3v) is 4.34. The second-order valence-corrected chi connectivity index (χ2v) is 5.87. The summed E-state index contributed by atoms with van der Waals surface area (Å²) in [6, 6.07) is 9.64. The summed E-state index contributed by atoms with van der Waals surface area (Å²) in [5, 5.41) is 10.3. The van der Waals surface area contributed by atoms with Gasteiger partial charge in [0, 0.05) is 22.7 Å². The summed E-state index contributed by atoms with van der Waals surface area (Å²) in [6.07, 6.45) is 2.11. The molecule has 1 aliphatic rings. The maximum atomic E-state index is 9.74. The number of hydrogen-bond acceptors (Lipinski definition) is 5. The van der Waals surface area contributed by atoms with Crippen molar-refractivity contribution in [1.29, 1.82) is 5.26 Å². The van der Waals surface area contributed by atoms with Gasteiger partial charge in [-0.05, 0) is 24.6 Å². The minimum absolute atomic E-state index is 0.0255. The van der Waals surface area contributed by atoms with Gasteiger partial charge in [0.05, 0.1) is 23.3 Å². The highest BCUT2D eigenvalue weighted by molar-refractivity contribution is 6.31. The lowest BCUT2D eigenvalue weighted by Crippen LogP contribution is -2.28. The van der Waals surface area contributed by atoms with Crippen molar-refractivity contribution in [3.05, 3.63) is 57.9 Å². The van der Waals surface area contributed by atoms with E-state index in [4.69, 9.17) is 28.8 Å². The van der Waals surface area contributed by atoms with Gasteiger partial charge in [-0.2, -0.15) is 5.26 Å². The van der Waals surface area contributed by atoms with E-state index in [0.29, 0.717) is 40.7 Å². The predicted octanol–water partition coefficient (Wildman–Crippen LogP) is 2.40. The molecule has 23 heavy (non-hydrogen) atoms. The lowest BCUT2D eigenvalue weighted by atomic mass is 9.80. The highest BCUT2D eigenvalue weighted by Gasteiger charge is 2.33. The van der Waals surface area contributed by atoms with Crippen LogP contribution in [0.25, 0.3) is 0 Å². The Balaban J connectivity index is 2.68. The molecule has 1 heterocycles. The molecular formula is C17H20ClN5. The number of nitrogens with zero attached hydrogens (tertiary/aromatic N) is 2. The van der Waals surface area contributed by atoms with E-state index in [1.165, 1.54) is 6.20 Å². The van der Waals surface area contributed by atoms with Crippen molar-refractivity contribution in [1.82, 2.24) is 0 Å². The quantitative estimate of drug-likeness (QED) is 0.786. The monoisotopic (exact) mass is 329 g/mol. The zero-order valence-electron chi connectivity index (χ0n) is 13.0. The molecule has 1 aromatic rings. The molecule has 2 unspecified atom stereocenters. The summed E-state index contributed by atoms with van der Waals surface area (Å²) < 4.78 is 0. The fourth-order valence-electron chi connectivity index (χ4n) is 2.80. The highest BCUT2D eigenvalue weighted by atomic mass is 35.5. The standard InChI is InChI=1S/C17H20ClN5/c1-10(6-7-19)16-12(8-20)15(13(9-21)17(22)23-16)11-4-2-3-5-14(11)18/h2-5,9-10,15H,6-7,19,21H2,1H3,(H2,22,23)/b13-9-. The average molecular weight is 330 g/mol. The van der Waals surface area contributed by atoms with Crippen LogP contribution in [0.4, 0.5) is 0 Å². The van der Waals surface area contributed by atoms with Crippen molar-refractivity contribution >= 4 is 17.4 Å². The number of allylic oxidation sites excluding steroid dienone is 2. The third-order valence-electron chi connectivity index (χ3n) is 4.00. The van der Waals surface area contributed by atoms with Crippen LogP contribution in [0.5, 0.6) is 0 Å². The fraction of sp³-hybridized carbons (Fsp3) is 0.294. The normalized spacial score (nSPS) is 21.0. The number of benzene rings is 1. The molecule has 0 spiro atoms. The van der Waals surface area contributed by atoms with Gasteiger partial charge in [-0.3, -0.25) is 0 Å². The van der Waals surface area contributed by atoms with Crippen LogP contribution in [0.1, 0.15) is 24.8 Å². The lowest BCUT2D eigenvalue weighted by molar-refractivity contribution is 0.605. The molecular weight excluding hydrogens is 310 g/mol. The van der Waals surface area contributed by atoms with Crippen molar-refractivity contribution in [2.24, 2.45) is 28.1 Å². The molecule has 5 nitrogen and oxygen atoms in total. The van der Waals surface area contributed by atoms with Gasteiger partial charge in [0.15, 0.2) is 0 Å². The summed E-state index contributed by atoms with van der Waals surface area (Å²) in [5.41, 5.74) is 20.0. The molecule has 1 aliphatic heterocycles. The van der Waals surface area contributed by atoms with Crippen molar-refractivity contribution in [2.45, 2.75) is 19.3 Å². The van der Waals surface area contributed by atoms with Crippen LogP contribution in [0.15, 0.2) is 52.3 Å². The molecule has 0 aromatic heterocycles. The largest absolute Gasteiger partial charge is 0.404 e. The average Bonchev–Trinajstić information content (AvgIpc) is 2.54. The Morgan fingerprint density at radius 2 is 2.13 bits per heavy atom. The van der Waals surface area contributed by atoms with Crippen molar-refractivity contribution in [2.75, 3.05) is 6.54 Å². The molecule has 0 amide bonds. The van der Waals surface area contributed by atoms with E-state index >= 15 is 0 Å². The SMILES string of the molecule is CC(CCN)C1=C(C#N)C(c2ccccc2Cl)/C(=C/N)C(N)=N1. The molecule has 6 heteroatoms. The van der Waals surface area contributed by atoms with Gasteiger partial charge < -0.3 is 17.2 Å². The van der Waals surface area contributed by atoms with E-state index in [9.17, 15) is 5.26 Å². The van der Waals surface area contributed by atoms with Gasteiger partial charge in [0.25, 0.3) is 0 Å². The fourth-order valence-corrected chi connectivity index (χ4v) is 3.05. The Bertz CT molecular complexity index is 727. The van der Waals surface area contributed by atoms with Gasteiger partial charge >= 0.3 is 0 Å². The predicted molar refractivity (Wildman–Crippen MR) is 93.6 cm³/mol. The number of amidine groups is 1. The first-order valence-electron chi connectivity index (χ1n) is 7.40. The van der Waals surface area contributed by atoms with Gasteiger partial charge in [0.2, 0.25) is 0 Å². The zero-order chi connectivity index (χ0) is 17.0. The maximum absolute atomic E-state index is 9.74. The third kappa shape index (κ3) is 3.24. The smallest absolute Gasteiger partial charge is 0.129 e. The Morgan fingerprint density at radius 3 is 2.70 bits per heavy atom. The second kappa shape index (κ2) is 7.32. The van der Waals surface area contributed by atoms with Crippen LogP contribution in [0, 0.1) is 17.2 Å². The number of rotatable bonds is 4. The number of aliphatic imine (C=N–C) groups is 1. The van der Waals surface area contributed by atoms with Gasteiger partial charge in [-0.15, -0.1) is 0 Å². The molecule has 0 bridgehead atoms. The molecule has 0 fully saturated rings. The first-order chi connectivity index (χ1) is 11.0. The highest BCUT2D eigenvalue weighted by Crippen LogP contribution is 2.41. The Kier molecular flexibility index (Phi) is 5.43. The Morgan fingerprint density at radius 1 is 1.43 bits per heavy atom. The molecule has 0 aliphatic carbocycles.